The third-order valence-corrected chi connectivity index (χ3v) is 4.40. The summed E-state index contributed by atoms with van der Waals surface area (Å²) in [5, 5.41) is 13.5. The molecule has 10 heteroatoms. The van der Waals surface area contributed by atoms with Crippen LogP contribution in [0.5, 0.6) is 0 Å². The van der Waals surface area contributed by atoms with E-state index in [2.05, 4.69) is 21.2 Å². The van der Waals surface area contributed by atoms with E-state index in [0.29, 0.717) is 13.0 Å². The van der Waals surface area contributed by atoms with Crippen LogP contribution in [0.25, 0.3) is 0 Å². The van der Waals surface area contributed by atoms with Gasteiger partial charge in [0.25, 0.3) is 11.6 Å². The van der Waals surface area contributed by atoms with Gasteiger partial charge in [-0.2, -0.15) is 13.2 Å². The molecule has 0 aliphatic carbocycles. The first kappa shape index (κ1) is 18.7. The first-order chi connectivity index (χ1) is 11.2. The minimum absolute atomic E-state index is 0.0678. The molecule has 1 fully saturated rings. The highest BCUT2D eigenvalue weighted by atomic mass is 79.9. The van der Waals surface area contributed by atoms with E-state index in [1.807, 2.05) is 0 Å². The fourth-order valence-electron chi connectivity index (χ4n) is 2.61. The van der Waals surface area contributed by atoms with Crippen LogP contribution in [-0.4, -0.2) is 48.1 Å². The van der Waals surface area contributed by atoms with Gasteiger partial charge in [-0.3, -0.25) is 19.8 Å². The lowest BCUT2D eigenvalue weighted by Gasteiger charge is -2.18. The molecule has 0 spiro atoms. The van der Waals surface area contributed by atoms with E-state index in [4.69, 9.17) is 0 Å². The van der Waals surface area contributed by atoms with Crippen LogP contribution in [0, 0.1) is 16.0 Å². The molecule has 1 heterocycles. The minimum atomic E-state index is -4.23. The Morgan fingerprint density at radius 2 is 2.17 bits per heavy atom. The third-order valence-electron chi connectivity index (χ3n) is 3.73. The van der Waals surface area contributed by atoms with Gasteiger partial charge in [0.2, 0.25) is 0 Å². The van der Waals surface area contributed by atoms with Gasteiger partial charge in [0.15, 0.2) is 0 Å². The maximum Gasteiger partial charge on any atom is 0.401 e. The molecule has 6 nitrogen and oxygen atoms in total. The quantitative estimate of drug-likeness (QED) is 0.599. The molecular weight excluding hydrogens is 395 g/mol. The van der Waals surface area contributed by atoms with Crippen molar-refractivity contribution in [3.05, 3.63) is 38.3 Å². The Labute approximate surface area is 144 Å². The number of amides is 1. The normalized spacial score (nSPS) is 18.6. The number of carbonyl (C=O) groups is 1. The highest BCUT2D eigenvalue weighted by Gasteiger charge is 2.34. The van der Waals surface area contributed by atoms with Crippen LogP contribution < -0.4 is 5.32 Å². The van der Waals surface area contributed by atoms with Crippen molar-refractivity contribution in [2.45, 2.75) is 12.6 Å². The lowest BCUT2D eigenvalue weighted by Crippen LogP contribution is -2.34. The van der Waals surface area contributed by atoms with Crippen molar-refractivity contribution in [2.24, 2.45) is 5.92 Å². The number of benzene rings is 1. The molecule has 0 bridgehead atoms. The fraction of sp³-hybridized carbons (Fsp3) is 0.500. The monoisotopic (exact) mass is 409 g/mol. The summed E-state index contributed by atoms with van der Waals surface area (Å²) >= 11 is 3.03. The van der Waals surface area contributed by atoms with Crippen LogP contribution >= 0.6 is 15.9 Å². The summed E-state index contributed by atoms with van der Waals surface area (Å²) in [5.41, 5.74) is -0.0880. The lowest BCUT2D eigenvalue weighted by molar-refractivity contribution is -0.385. The zero-order valence-corrected chi connectivity index (χ0v) is 14.1. The van der Waals surface area contributed by atoms with Gasteiger partial charge in [-0.05, 0) is 46.9 Å². The molecule has 0 aromatic heterocycles. The molecule has 24 heavy (non-hydrogen) atoms. The van der Waals surface area contributed by atoms with E-state index in [1.165, 1.54) is 17.0 Å². The smallest absolute Gasteiger partial charge is 0.352 e. The van der Waals surface area contributed by atoms with Crippen LogP contribution in [-0.2, 0) is 0 Å². The van der Waals surface area contributed by atoms with Gasteiger partial charge < -0.3 is 5.32 Å². The van der Waals surface area contributed by atoms with Crippen LogP contribution in [0.3, 0.4) is 0 Å². The molecule has 2 rings (SSSR count). The summed E-state index contributed by atoms with van der Waals surface area (Å²) < 4.78 is 37.3. The Bertz CT molecular complexity index is 639. The molecule has 1 atom stereocenters. The number of nitrogens with zero attached hydrogens (tertiary/aromatic N) is 2. The van der Waals surface area contributed by atoms with E-state index in [9.17, 15) is 28.1 Å². The molecule has 1 aromatic carbocycles. The first-order valence-corrected chi connectivity index (χ1v) is 7.96. The predicted octanol–water partition coefficient (Wildman–Crippen LogP) is 2.97. The van der Waals surface area contributed by atoms with Crippen LogP contribution in [0.15, 0.2) is 22.7 Å². The van der Waals surface area contributed by atoms with Gasteiger partial charge in [0.1, 0.15) is 0 Å². The standard InChI is InChI=1S/C14H15BrF3N3O3/c15-11-2-1-10(5-12(11)21(23)24)13(22)19-6-9-3-4-20(7-9)8-14(16,17)18/h1-2,5,9H,3-4,6-8H2,(H,19,22). The summed E-state index contributed by atoms with van der Waals surface area (Å²) in [6.45, 7) is -0.114. The van der Waals surface area contributed by atoms with Crippen molar-refractivity contribution in [1.29, 1.82) is 0 Å². The Morgan fingerprint density at radius 1 is 1.46 bits per heavy atom. The van der Waals surface area contributed by atoms with Gasteiger partial charge in [-0.1, -0.05) is 0 Å². The number of nitrogens with one attached hydrogen (secondary N) is 1. The van der Waals surface area contributed by atoms with E-state index >= 15 is 0 Å². The zero-order chi connectivity index (χ0) is 17.9. The van der Waals surface area contributed by atoms with Crippen molar-refractivity contribution in [1.82, 2.24) is 10.2 Å². The molecule has 1 unspecified atom stereocenters. The van der Waals surface area contributed by atoms with E-state index in [0.717, 1.165) is 6.07 Å². The van der Waals surface area contributed by atoms with E-state index in [1.54, 1.807) is 0 Å². The van der Waals surface area contributed by atoms with Gasteiger partial charge >= 0.3 is 6.18 Å². The van der Waals surface area contributed by atoms with Crippen molar-refractivity contribution in [2.75, 3.05) is 26.2 Å². The Kier molecular flexibility index (Phi) is 5.81. The number of hydrogen-bond donors (Lipinski definition) is 1. The maximum atomic E-state index is 12.3. The Balaban J connectivity index is 1.88. The summed E-state index contributed by atoms with van der Waals surface area (Å²) in [6, 6.07) is 4.01. The fourth-order valence-corrected chi connectivity index (χ4v) is 3.00. The second kappa shape index (κ2) is 7.47. The number of nitro benzene ring substituents is 1. The van der Waals surface area contributed by atoms with Gasteiger partial charge in [0.05, 0.1) is 15.9 Å². The van der Waals surface area contributed by atoms with Crippen molar-refractivity contribution >= 4 is 27.5 Å². The van der Waals surface area contributed by atoms with Crippen LogP contribution in [0.1, 0.15) is 16.8 Å². The van der Waals surface area contributed by atoms with Gasteiger partial charge in [-0.25, -0.2) is 0 Å². The molecule has 1 aliphatic heterocycles. The molecule has 1 N–H and O–H groups in total. The number of likely N-dealkylation sites (tertiary alicyclic amines) is 1. The van der Waals surface area contributed by atoms with Gasteiger partial charge in [-0.15, -0.1) is 0 Å². The third kappa shape index (κ3) is 5.17. The molecule has 0 radical (unpaired) electrons. The molecule has 132 valence electrons. The number of nitro groups is 1. The molecule has 1 aromatic rings. The molecule has 1 saturated heterocycles. The van der Waals surface area contributed by atoms with Crippen LogP contribution in [0.2, 0.25) is 0 Å². The largest absolute Gasteiger partial charge is 0.401 e. The predicted molar refractivity (Wildman–Crippen MR) is 83.7 cm³/mol. The van der Waals surface area contributed by atoms with E-state index in [-0.39, 0.29) is 34.7 Å². The number of carbonyl (C=O) groups excluding carboxylic acids is 1. The Hall–Kier alpha value is -1.68. The molecular formula is C14H15BrF3N3O3. The summed E-state index contributed by atoms with van der Waals surface area (Å²) in [6.07, 6.45) is -3.66. The summed E-state index contributed by atoms with van der Waals surface area (Å²) in [4.78, 5) is 23.6. The SMILES string of the molecule is O=C(NCC1CCN(CC(F)(F)F)C1)c1ccc(Br)c([N+](=O)[O-])c1. The highest BCUT2D eigenvalue weighted by molar-refractivity contribution is 9.10. The average molecular weight is 410 g/mol. The second-order valence-corrected chi connectivity index (χ2v) is 6.49. The Morgan fingerprint density at radius 3 is 2.79 bits per heavy atom. The summed E-state index contributed by atoms with van der Waals surface area (Å²) in [5.74, 6) is -0.554. The average Bonchev–Trinajstić information content (AvgIpc) is 2.90. The second-order valence-electron chi connectivity index (χ2n) is 5.64. The highest BCUT2D eigenvalue weighted by Crippen LogP contribution is 2.26. The zero-order valence-electron chi connectivity index (χ0n) is 12.5. The number of rotatable bonds is 5. The molecule has 1 amide bonds. The summed E-state index contributed by atoms with van der Waals surface area (Å²) in [7, 11) is 0. The lowest BCUT2D eigenvalue weighted by atomic mass is 10.1. The number of hydrogen-bond acceptors (Lipinski definition) is 4. The van der Waals surface area contributed by atoms with Crippen molar-refractivity contribution < 1.29 is 22.9 Å². The first-order valence-electron chi connectivity index (χ1n) is 7.17. The molecule has 1 aliphatic rings. The van der Waals surface area contributed by atoms with Crippen molar-refractivity contribution in [3.8, 4) is 0 Å². The number of alkyl halides is 3. The van der Waals surface area contributed by atoms with Crippen molar-refractivity contribution in [3.63, 3.8) is 0 Å². The minimum Gasteiger partial charge on any atom is -0.352 e. The molecule has 0 saturated carbocycles. The van der Waals surface area contributed by atoms with E-state index < -0.39 is 23.6 Å². The maximum absolute atomic E-state index is 12.3. The number of halogens is 4. The topological polar surface area (TPSA) is 75.5 Å². The van der Waals surface area contributed by atoms with Crippen LogP contribution in [0.4, 0.5) is 18.9 Å². The van der Waals surface area contributed by atoms with Gasteiger partial charge in [0, 0.05) is 24.7 Å².